The average Bonchev–Trinajstić information content (AvgIpc) is 2.95. The standard InChI is InChI=1S/C18H26N4O3/c1-12-8-7-9-14(10-12)24-13(2)16(23)20-18(3,4)17-19-15(25-21-17)11-22(5)6/h7-10,13H,11H2,1-6H3,(H,20,23)/t13-/m0/s1. The topological polar surface area (TPSA) is 80.5 Å². The van der Waals surface area contributed by atoms with E-state index in [0.717, 1.165) is 5.56 Å². The van der Waals surface area contributed by atoms with Gasteiger partial charge in [-0.1, -0.05) is 17.3 Å². The Morgan fingerprint density at radius 2 is 2.12 bits per heavy atom. The molecule has 0 bridgehead atoms. The fraction of sp³-hybridized carbons (Fsp3) is 0.500. The lowest BCUT2D eigenvalue weighted by Gasteiger charge is -2.25. The van der Waals surface area contributed by atoms with Gasteiger partial charge in [-0.05, 0) is 59.5 Å². The van der Waals surface area contributed by atoms with E-state index in [1.165, 1.54) is 0 Å². The van der Waals surface area contributed by atoms with Gasteiger partial charge in [0.25, 0.3) is 5.91 Å². The Labute approximate surface area is 148 Å². The number of carbonyl (C=O) groups excluding carboxylic acids is 1. The minimum absolute atomic E-state index is 0.245. The number of nitrogens with zero attached hydrogens (tertiary/aromatic N) is 3. The van der Waals surface area contributed by atoms with Crippen molar-refractivity contribution in [3.63, 3.8) is 0 Å². The third kappa shape index (κ3) is 5.29. The molecule has 0 aliphatic rings. The number of ether oxygens (including phenoxy) is 1. The summed E-state index contributed by atoms with van der Waals surface area (Å²) in [5, 5.41) is 6.89. The Hall–Kier alpha value is -2.41. The summed E-state index contributed by atoms with van der Waals surface area (Å²) >= 11 is 0. The van der Waals surface area contributed by atoms with Crippen molar-refractivity contribution in [3.05, 3.63) is 41.5 Å². The fourth-order valence-electron chi connectivity index (χ4n) is 2.26. The molecule has 7 heteroatoms. The predicted octanol–water partition coefficient (Wildman–Crippen LogP) is 2.26. The first-order valence-corrected chi connectivity index (χ1v) is 8.20. The monoisotopic (exact) mass is 346 g/mol. The van der Waals surface area contributed by atoms with E-state index in [9.17, 15) is 4.79 Å². The summed E-state index contributed by atoms with van der Waals surface area (Å²) in [4.78, 5) is 18.8. The summed E-state index contributed by atoms with van der Waals surface area (Å²) in [5.74, 6) is 1.35. The molecule has 1 amide bonds. The van der Waals surface area contributed by atoms with Crippen molar-refractivity contribution in [1.82, 2.24) is 20.4 Å². The van der Waals surface area contributed by atoms with Gasteiger partial charge in [-0.3, -0.25) is 4.79 Å². The van der Waals surface area contributed by atoms with Crippen LogP contribution in [0.4, 0.5) is 0 Å². The molecule has 1 N–H and O–H groups in total. The van der Waals surface area contributed by atoms with Crippen LogP contribution in [-0.4, -0.2) is 41.1 Å². The van der Waals surface area contributed by atoms with Gasteiger partial charge in [0.15, 0.2) is 11.9 Å². The van der Waals surface area contributed by atoms with E-state index in [-0.39, 0.29) is 5.91 Å². The molecule has 2 aromatic rings. The molecule has 0 unspecified atom stereocenters. The molecule has 136 valence electrons. The SMILES string of the molecule is Cc1cccc(O[C@@H](C)C(=O)NC(C)(C)c2noc(CN(C)C)n2)c1. The summed E-state index contributed by atoms with van der Waals surface area (Å²) in [7, 11) is 3.84. The molecular formula is C18H26N4O3. The Morgan fingerprint density at radius 1 is 1.40 bits per heavy atom. The van der Waals surface area contributed by atoms with Gasteiger partial charge >= 0.3 is 0 Å². The zero-order valence-electron chi connectivity index (χ0n) is 15.7. The zero-order chi connectivity index (χ0) is 18.6. The van der Waals surface area contributed by atoms with E-state index in [2.05, 4.69) is 15.5 Å². The molecule has 2 rings (SSSR count). The predicted molar refractivity (Wildman–Crippen MR) is 94.1 cm³/mol. The first-order valence-electron chi connectivity index (χ1n) is 8.20. The second-order valence-electron chi connectivity index (χ2n) is 6.94. The van der Waals surface area contributed by atoms with Crippen LogP contribution in [0.25, 0.3) is 0 Å². The molecule has 1 aromatic heterocycles. The Bertz CT molecular complexity index is 725. The minimum Gasteiger partial charge on any atom is -0.481 e. The third-order valence-corrected chi connectivity index (χ3v) is 3.59. The number of aromatic nitrogens is 2. The number of benzene rings is 1. The smallest absolute Gasteiger partial charge is 0.261 e. The van der Waals surface area contributed by atoms with Gasteiger partial charge in [0.05, 0.1) is 12.1 Å². The van der Waals surface area contributed by atoms with Gasteiger partial charge in [-0.15, -0.1) is 0 Å². The number of rotatable bonds is 7. The number of hydrogen-bond donors (Lipinski definition) is 1. The average molecular weight is 346 g/mol. The second-order valence-corrected chi connectivity index (χ2v) is 6.94. The van der Waals surface area contributed by atoms with Gasteiger partial charge in [-0.2, -0.15) is 4.98 Å². The van der Waals surface area contributed by atoms with E-state index >= 15 is 0 Å². The molecular weight excluding hydrogens is 320 g/mol. The van der Waals surface area contributed by atoms with Gasteiger partial charge in [0.1, 0.15) is 5.75 Å². The molecule has 0 spiro atoms. The molecule has 0 aliphatic carbocycles. The number of aryl methyl sites for hydroxylation is 1. The summed E-state index contributed by atoms with van der Waals surface area (Å²) in [6.07, 6.45) is -0.644. The van der Waals surface area contributed by atoms with E-state index < -0.39 is 11.6 Å². The quantitative estimate of drug-likeness (QED) is 0.828. The van der Waals surface area contributed by atoms with Crippen molar-refractivity contribution >= 4 is 5.91 Å². The van der Waals surface area contributed by atoms with Crippen LogP contribution in [0.5, 0.6) is 5.75 Å². The van der Waals surface area contributed by atoms with Crippen LogP contribution in [0.2, 0.25) is 0 Å². The Kier molecular flexibility index (Phi) is 5.79. The number of nitrogens with one attached hydrogen (secondary N) is 1. The van der Waals surface area contributed by atoms with Crippen molar-refractivity contribution in [2.45, 2.75) is 45.9 Å². The van der Waals surface area contributed by atoms with Gasteiger partial charge in [-0.25, -0.2) is 0 Å². The summed E-state index contributed by atoms with van der Waals surface area (Å²) in [6, 6.07) is 7.59. The number of hydrogen-bond acceptors (Lipinski definition) is 6. The number of amides is 1. The first-order chi connectivity index (χ1) is 11.7. The van der Waals surface area contributed by atoms with Crippen LogP contribution >= 0.6 is 0 Å². The maximum Gasteiger partial charge on any atom is 0.261 e. The Morgan fingerprint density at radius 3 is 2.76 bits per heavy atom. The number of carbonyl (C=O) groups is 1. The highest BCUT2D eigenvalue weighted by atomic mass is 16.5. The van der Waals surface area contributed by atoms with Crippen molar-refractivity contribution in [1.29, 1.82) is 0 Å². The second kappa shape index (κ2) is 7.65. The molecule has 1 atom stereocenters. The lowest BCUT2D eigenvalue weighted by Crippen LogP contribution is -2.47. The molecule has 0 aliphatic heterocycles. The fourth-order valence-corrected chi connectivity index (χ4v) is 2.26. The van der Waals surface area contributed by atoms with Gasteiger partial charge in [0.2, 0.25) is 5.89 Å². The van der Waals surface area contributed by atoms with Crippen LogP contribution in [0.1, 0.15) is 38.0 Å². The van der Waals surface area contributed by atoms with Crippen LogP contribution < -0.4 is 10.1 Å². The van der Waals surface area contributed by atoms with Crippen LogP contribution in [-0.2, 0) is 16.9 Å². The largest absolute Gasteiger partial charge is 0.481 e. The summed E-state index contributed by atoms with van der Waals surface area (Å²) in [5.41, 5.74) is 0.306. The van der Waals surface area contributed by atoms with Crippen molar-refractivity contribution in [2.24, 2.45) is 0 Å². The molecule has 0 saturated heterocycles. The van der Waals surface area contributed by atoms with E-state index in [0.29, 0.717) is 24.0 Å². The van der Waals surface area contributed by atoms with Crippen LogP contribution in [0, 0.1) is 6.92 Å². The maximum atomic E-state index is 12.5. The van der Waals surface area contributed by atoms with Crippen molar-refractivity contribution < 1.29 is 14.1 Å². The zero-order valence-corrected chi connectivity index (χ0v) is 15.7. The highest BCUT2D eigenvalue weighted by molar-refractivity contribution is 5.81. The van der Waals surface area contributed by atoms with E-state index in [1.807, 2.05) is 64.0 Å². The van der Waals surface area contributed by atoms with Crippen molar-refractivity contribution in [2.75, 3.05) is 14.1 Å². The van der Waals surface area contributed by atoms with Crippen LogP contribution in [0.3, 0.4) is 0 Å². The highest BCUT2D eigenvalue weighted by Gasteiger charge is 2.31. The lowest BCUT2D eigenvalue weighted by atomic mass is 10.0. The first kappa shape index (κ1) is 18.9. The third-order valence-electron chi connectivity index (χ3n) is 3.59. The lowest BCUT2D eigenvalue weighted by molar-refractivity contribution is -0.129. The van der Waals surface area contributed by atoms with E-state index in [4.69, 9.17) is 9.26 Å². The molecule has 1 heterocycles. The maximum absolute atomic E-state index is 12.5. The highest BCUT2D eigenvalue weighted by Crippen LogP contribution is 2.19. The van der Waals surface area contributed by atoms with Crippen molar-refractivity contribution in [3.8, 4) is 5.75 Å². The molecule has 0 radical (unpaired) electrons. The molecule has 1 aromatic carbocycles. The Balaban J connectivity index is 2.00. The summed E-state index contributed by atoms with van der Waals surface area (Å²) < 4.78 is 10.9. The van der Waals surface area contributed by atoms with Crippen LogP contribution in [0.15, 0.2) is 28.8 Å². The minimum atomic E-state index is -0.768. The van der Waals surface area contributed by atoms with Gasteiger partial charge in [0, 0.05) is 0 Å². The van der Waals surface area contributed by atoms with E-state index in [1.54, 1.807) is 6.92 Å². The molecule has 25 heavy (non-hydrogen) atoms. The molecule has 0 fully saturated rings. The molecule has 7 nitrogen and oxygen atoms in total. The molecule has 0 saturated carbocycles. The summed E-state index contributed by atoms with van der Waals surface area (Å²) in [6.45, 7) is 7.89. The van der Waals surface area contributed by atoms with Gasteiger partial charge < -0.3 is 19.5 Å². The normalized spacial score (nSPS) is 12.9.